The zero-order valence-electron chi connectivity index (χ0n) is 15.1. The van der Waals surface area contributed by atoms with E-state index in [1.807, 2.05) is 0 Å². The topological polar surface area (TPSA) is 60.0 Å². The first-order valence-corrected chi connectivity index (χ1v) is 9.51. The van der Waals surface area contributed by atoms with Crippen molar-refractivity contribution in [3.05, 3.63) is 46.2 Å². The maximum Gasteiger partial charge on any atom is 0.255 e. The fraction of sp³-hybridized carbons (Fsp3) is 0.421. The van der Waals surface area contributed by atoms with E-state index in [1.54, 1.807) is 43.8 Å². The molecular weight excluding hydrogens is 352 g/mol. The number of benzene rings is 1. The van der Waals surface area contributed by atoms with Crippen molar-refractivity contribution in [1.82, 2.24) is 10.2 Å². The summed E-state index contributed by atoms with van der Waals surface area (Å²) >= 11 is 1.67. The van der Waals surface area contributed by atoms with Crippen LogP contribution in [0.25, 0.3) is 0 Å². The molecule has 1 aliphatic rings. The molecule has 1 amide bonds. The Labute approximate surface area is 157 Å². The summed E-state index contributed by atoms with van der Waals surface area (Å²) in [5.74, 6) is 1.00. The number of rotatable bonds is 7. The Morgan fingerprint density at radius 3 is 2.73 bits per heavy atom. The van der Waals surface area contributed by atoms with Gasteiger partial charge in [0.05, 0.1) is 39.0 Å². The Morgan fingerprint density at radius 1 is 1.27 bits per heavy atom. The van der Waals surface area contributed by atoms with Gasteiger partial charge < -0.3 is 19.5 Å². The van der Waals surface area contributed by atoms with Crippen molar-refractivity contribution in [2.75, 3.05) is 47.1 Å². The summed E-state index contributed by atoms with van der Waals surface area (Å²) < 4.78 is 16.0. The summed E-state index contributed by atoms with van der Waals surface area (Å²) in [5, 5.41) is 7.26. The number of hydrogen-bond donors (Lipinski definition) is 1. The third kappa shape index (κ3) is 4.35. The fourth-order valence-electron chi connectivity index (χ4n) is 3.08. The predicted octanol–water partition coefficient (Wildman–Crippen LogP) is 2.57. The van der Waals surface area contributed by atoms with Crippen LogP contribution in [0.4, 0.5) is 0 Å². The first-order chi connectivity index (χ1) is 12.7. The average molecular weight is 376 g/mol. The smallest absolute Gasteiger partial charge is 0.255 e. The van der Waals surface area contributed by atoms with E-state index in [9.17, 15) is 4.79 Å². The molecule has 0 aliphatic carbocycles. The van der Waals surface area contributed by atoms with Gasteiger partial charge in [0.15, 0.2) is 0 Å². The summed E-state index contributed by atoms with van der Waals surface area (Å²) in [7, 11) is 3.13. The van der Waals surface area contributed by atoms with Gasteiger partial charge in [0.2, 0.25) is 0 Å². The van der Waals surface area contributed by atoms with Crippen molar-refractivity contribution < 1.29 is 19.0 Å². The lowest BCUT2D eigenvalue weighted by Crippen LogP contribution is -2.43. The van der Waals surface area contributed by atoms with Crippen molar-refractivity contribution in [3.63, 3.8) is 0 Å². The molecule has 6 nitrogen and oxygen atoms in total. The molecule has 1 atom stereocenters. The predicted molar refractivity (Wildman–Crippen MR) is 101 cm³/mol. The normalized spacial score (nSPS) is 16.1. The average Bonchev–Trinajstić information content (AvgIpc) is 3.22. The number of carbonyl (C=O) groups is 1. The lowest BCUT2D eigenvalue weighted by molar-refractivity contribution is 0.0163. The Balaban J connectivity index is 1.71. The molecule has 0 spiro atoms. The van der Waals surface area contributed by atoms with Crippen LogP contribution in [0, 0.1) is 0 Å². The molecule has 1 fully saturated rings. The van der Waals surface area contributed by atoms with Crippen molar-refractivity contribution in [2.45, 2.75) is 6.04 Å². The number of amides is 1. The number of carbonyl (C=O) groups excluding carboxylic acids is 1. The standard InChI is InChI=1S/C19H24N2O4S/c1-23-15-3-4-16(18(11-15)24-2)19(22)20-12-17(14-5-10-26-13-14)21-6-8-25-9-7-21/h3-5,10-11,13,17H,6-9,12H2,1-2H3,(H,20,22). The molecule has 1 aliphatic heterocycles. The second kappa shape index (κ2) is 9.02. The maximum absolute atomic E-state index is 12.7. The van der Waals surface area contributed by atoms with Crippen LogP contribution in [0.15, 0.2) is 35.0 Å². The van der Waals surface area contributed by atoms with Gasteiger partial charge in [-0.2, -0.15) is 11.3 Å². The van der Waals surface area contributed by atoms with Crippen molar-refractivity contribution >= 4 is 17.2 Å². The van der Waals surface area contributed by atoms with E-state index >= 15 is 0 Å². The molecule has 1 unspecified atom stereocenters. The maximum atomic E-state index is 12.7. The van der Waals surface area contributed by atoms with Gasteiger partial charge in [0.25, 0.3) is 5.91 Å². The molecule has 7 heteroatoms. The van der Waals surface area contributed by atoms with Gasteiger partial charge in [0, 0.05) is 25.7 Å². The third-order valence-corrected chi connectivity index (χ3v) is 5.23. The molecule has 140 valence electrons. The Bertz CT molecular complexity index is 714. The van der Waals surface area contributed by atoms with Crippen LogP contribution in [0.3, 0.4) is 0 Å². The summed E-state index contributed by atoms with van der Waals surface area (Å²) in [4.78, 5) is 15.1. The Kier molecular flexibility index (Phi) is 6.49. The van der Waals surface area contributed by atoms with E-state index in [0.717, 1.165) is 26.3 Å². The largest absolute Gasteiger partial charge is 0.497 e. The fourth-order valence-corrected chi connectivity index (χ4v) is 3.79. The van der Waals surface area contributed by atoms with E-state index in [4.69, 9.17) is 14.2 Å². The second-order valence-corrected chi connectivity index (χ2v) is 6.78. The summed E-state index contributed by atoms with van der Waals surface area (Å²) in [6, 6.07) is 7.45. The molecule has 0 bridgehead atoms. The number of morpholine rings is 1. The quantitative estimate of drug-likeness (QED) is 0.805. The number of nitrogens with zero attached hydrogens (tertiary/aromatic N) is 1. The zero-order chi connectivity index (χ0) is 18.4. The zero-order valence-corrected chi connectivity index (χ0v) is 15.9. The highest BCUT2D eigenvalue weighted by Crippen LogP contribution is 2.26. The van der Waals surface area contributed by atoms with Gasteiger partial charge in [-0.1, -0.05) is 0 Å². The molecule has 0 radical (unpaired) electrons. The van der Waals surface area contributed by atoms with E-state index < -0.39 is 0 Å². The lowest BCUT2D eigenvalue weighted by atomic mass is 10.1. The SMILES string of the molecule is COc1ccc(C(=O)NCC(c2ccsc2)N2CCOCC2)c(OC)c1. The van der Waals surface area contributed by atoms with Crippen LogP contribution >= 0.6 is 11.3 Å². The molecule has 1 saturated heterocycles. The number of nitrogens with one attached hydrogen (secondary N) is 1. The van der Waals surface area contributed by atoms with Crippen LogP contribution in [0.5, 0.6) is 11.5 Å². The van der Waals surface area contributed by atoms with Gasteiger partial charge in [-0.3, -0.25) is 9.69 Å². The van der Waals surface area contributed by atoms with Gasteiger partial charge in [-0.05, 0) is 34.5 Å². The molecular formula is C19H24N2O4S. The van der Waals surface area contributed by atoms with Crippen molar-refractivity contribution in [3.8, 4) is 11.5 Å². The van der Waals surface area contributed by atoms with Gasteiger partial charge in [-0.15, -0.1) is 0 Å². The monoisotopic (exact) mass is 376 g/mol. The summed E-state index contributed by atoms with van der Waals surface area (Å²) in [5.41, 5.74) is 1.72. The Hall–Kier alpha value is -2.09. The minimum Gasteiger partial charge on any atom is -0.497 e. The van der Waals surface area contributed by atoms with E-state index in [-0.39, 0.29) is 11.9 Å². The molecule has 0 saturated carbocycles. The van der Waals surface area contributed by atoms with Crippen molar-refractivity contribution in [2.24, 2.45) is 0 Å². The van der Waals surface area contributed by atoms with Gasteiger partial charge >= 0.3 is 0 Å². The lowest BCUT2D eigenvalue weighted by Gasteiger charge is -2.34. The minimum atomic E-state index is -0.155. The van der Waals surface area contributed by atoms with Crippen LogP contribution in [0.2, 0.25) is 0 Å². The highest BCUT2D eigenvalue weighted by atomic mass is 32.1. The van der Waals surface area contributed by atoms with E-state index in [0.29, 0.717) is 23.6 Å². The van der Waals surface area contributed by atoms with E-state index in [1.165, 1.54) is 5.56 Å². The molecule has 2 heterocycles. The second-order valence-electron chi connectivity index (χ2n) is 6.00. The minimum absolute atomic E-state index is 0.137. The number of methoxy groups -OCH3 is 2. The Morgan fingerprint density at radius 2 is 2.08 bits per heavy atom. The summed E-state index contributed by atoms with van der Waals surface area (Å²) in [6.45, 7) is 3.71. The van der Waals surface area contributed by atoms with Crippen LogP contribution in [-0.4, -0.2) is 57.9 Å². The number of thiophene rings is 1. The highest BCUT2D eigenvalue weighted by molar-refractivity contribution is 7.07. The molecule has 26 heavy (non-hydrogen) atoms. The molecule has 1 aromatic heterocycles. The van der Waals surface area contributed by atoms with Crippen molar-refractivity contribution in [1.29, 1.82) is 0 Å². The first-order valence-electron chi connectivity index (χ1n) is 8.57. The van der Waals surface area contributed by atoms with Gasteiger partial charge in [-0.25, -0.2) is 0 Å². The first kappa shape index (κ1) is 18.7. The molecule has 2 aromatic rings. The summed E-state index contributed by atoms with van der Waals surface area (Å²) in [6.07, 6.45) is 0. The number of hydrogen-bond acceptors (Lipinski definition) is 6. The molecule has 1 N–H and O–H groups in total. The van der Waals surface area contributed by atoms with E-state index in [2.05, 4.69) is 27.0 Å². The number of ether oxygens (including phenoxy) is 3. The van der Waals surface area contributed by atoms with Crippen LogP contribution in [-0.2, 0) is 4.74 Å². The van der Waals surface area contributed by atoms with Gasteiger partial charge in [0.1, 0.15) is 11.5 Å². The third-order valence-electron chi connectivity index (χ3n) is 4.52. The van der Waals surface area contributed by atoms with Crippen LogP contribution < -0.4 is 14.8 Å². The highest BCUT2D eigenvalue weighted by Gasteiger charge is 2.24. The van der Waals surface area contributed by atoms with Crippen LogP contribution in [0.1, 0.15) is 22.0 Å². The molecule has 3 rings (SSSR count). The molecule has 1 aromatic carbocycles.